The van der Waals surface area contributed by atoms with Crippen molar-refractivity contribution < 1.29 is 28.5 Å². The molecule has 1 fully saturated rings. The van der Waals surface area contributed by atoms with Crippen LogP contribution in [0.15, 0.2) is 24.3 Å². The van der Waals surface area contributed by atoms with E-state index in [-0.39, 0.29) is 19.3 Å². The third-order valence-electron chi connectivity index (χ3n) is 2.42. The van der Waals surface area contributed by atoms with Crippen LogP contribution < -0.4 is 0 Å². The van der Waals surface area contributed by atoms with Crippen LogP contribution in [-0.2, 0) is 28.5 Å². The van der Waals surface area contributed by atoms with Crippen molar-refractivity contribution in [1.29, 1.82) is 0 Å². The van der Waals surface area contributed by atoms with Gasteiger partial charge in [0, 0.05) is 11.1 Å². The van der Waals surface area contributed by atoms with E-state index < -0.39 is 18.0 Å². The summed E-state index contributed by atoms with van der Waals surface area (Å²) < 4.78 is 20.5. The van der Waals surface area contributed by atoms with Crippen molar-refractivity contribution in [1.82, 2.24) is 0 Å². The van der Waals surface area contributed by atoms with Crippen LogP contribution in [0.5, 0.6) is 0 Å². The highest BCUT2D eigenvalue weighted by atomic mass is 16.6. The Morgan fingerprint density at radius 3 is 1.95 bits per heavy atom. The van der Waals surface area contributed by atoms with E-state index in [9.17, 15) is 9.59 Å². The summed E-state index contributed by atoms with van der Waals surface area (Å²) >= 11 is 0. The monoisotopic (exact) mass is 284 g/mol. The van der Waals surface area contributed by atoms with E-state index in [1.807, 2.05) is 0 Å². The van der Waals surface area contributed by atoms with Crippen LogP contribution in [0.4, 0.5) is 0 Å². The molecule has 112 valence electrons. The summed E-state index contributed by atoms with van der Waals surface area (Å²) in [5, 5.41) is 0. The lowest BCUT2D eigenvalue weighted by atomic mass is 10.3. The van der Waals surface area contributed by atoms with Crippen LogP contribution in [-0.4, -0.2) is 50.6 Å². The molecule has 1 saturated heterocycles. The minimum Gasteiger partial charge on any atom is -0.459 e. The zero-order valence-corrected chi connectivity index (χ0v) is 11.8. The second-order valence-corrected chi connectivity index (χ2v) is 4.67. The lowest BCUT2D eigenvalue weighted by Gasteiger charge is -2.17. The minimum absolute atomic E-state index is 0.0120. The fraction of sp³-hybridized carbons (Fsp3) is 0.571. The van der Waals surface area contributed by atoms with E-state index in [1.165, 1.54) is 0 Å². The number of ether oxygens (including phenoxy) is 4. The Labute approximate surface area is 118 Å². The van der Waals surface area contributed by atoms with Crippen molar-refractivity contribution in [3.63, 3.8) is 0 Å². The summed E-state index contributed by atoms with van der Waals surface area (Å²) in [4.78, 5) is 22.6. The topological polar surface area (TPSA) is 74.4 Å². The number of epoxide rings is 1. The largest absolute Gasteiger partial charge is 0.459 e. The van der Waals surface area contributed by atoms with E-state index in [2.05, 4.69) is 13.2 Å². The molecule has 1 atom stereocenters. The van der Waals surface area contributed by atoms with Gasteiger partial charge in [-0.3, -0.25) is 0 Å². The van der Waals surface area contributed by atoms with Crippen LogP contribution in [0, 0.1) is 0 Å². The molecule has 0 spiro atoms. The van der Waals surface area contributed by atoms with E-state index in [0.29, 0.717) is 24.4 Å². The average molecular weight is 284 g/mol. The van der Waals surface area contributed by atoms with Gasteiger partial charge in [0.15, 0.2) is 0 Å². The highest BCUT2D eigenvalue weighted by Crippen LogP contribution is 2.11. The molecule has 6 heteroatoms. The van der Waals surface area contributed by atoms with Gasteiger partial charge in [-0.1, -0.05) is 13.2 Å². The predicted octanol–water partition coefficient (Wildman–Crippen LogP) is 1.01. The second kappa shape index (κ2) is 7.81. The molecule has 0 aromatic carbocycles. The van der Waals surface area contributed by atoms with Gasteiger partial charge in [0.05, 0.1) is 13.2 Å². The minimum atomic E-state index is -0.536. The Balaban J connectivity index is 2.37. The summed E-state index contributed by atoms with van der Waals surface area (Å²) in [7, 11) is 0. The van der Waals surface area contributed by atoms with Crippen LogP contribution in [0.25, 0.3) is 0 Å². The Kier molecular flexibility index (Phi) is 6.41. The van der Waals surface area contributed by atoms with Gasteiger partial charge in [-0.15, -0.1) is 0 Å². The third-order valence-corrected chi connectivity index (χ3v) is 2.42. The van der Waals surface area contributed by atoms with Crippen molar-refractivity contribution in [2.75, 3.05) is 26.4 Å². The molecule has 0 aromatic rings. The molecule has 0 aromatic heterocycles. The lowest BCUT2D eigenvalue weighted by Crippen LogP contribution is -2.30. The Bertz CT molecular complexity index is 366. The van der Waals surface area contributed by atoms with E-state index in [1.54, 1.807) is 13.8 Å². The van der Waals surface area contributed by atoms with Crippen LogP contribution in [0.2, 0.25) is 0 Å². The first-order valence-corrected chi connectivity index (χ1v) is 6.28. The number of rotatable bonds is 9. The standard InChI is InChI=1S/C14H20O6/c1-9(2)13(15)19-7-12(18-6-11-5-17-11)8-20-14(16)10(3)4/h11-12H,1,3,5-8H2,2,4H3. The van der Waals surface area contributed by atoms with E-state index >= 15 is 0 Å². The number of carbonyl (C=O) groups is 2. The highest BCUT2D eigenvalue weighted by Gasteiger charge is 2.25. The summed E-state index contributed by atoms with van der Waals surface area (Å²) in [6, 6.07) is 0. The molecule has 0 bridgehead atoms. The van der Waals surface area contributed by atoms with Gasteiger partial charge in [0.1, 0.15) is 25.4 Å². The van der Waals surface area contributed by atoms with E-state index in [4.69, 9.17) is 18.9 Å². The maximum Gasteiger partial charge on any atom is 0.333 e. The molecule has 0 saturated carbocycles. The number of carbonyl (C=O) groups excluding carboxylic acids is 2. The Hall–Kier alpha value is -1.66. The van der Waals surface area contributed by atoms with Gasteiger partial charge >= 0.3 is 11.9 Å². The van der Waals surface area contributed by atoms with E-state index in [0.717, 1.165) is 0 Å². The summed E-state index contributed by atoms with van der Waals surface area (Å²) in [6.45, 7) is 11.1. The third kappa shape index (κ3) is 6.49. The smallest absolute Gasteiger partial charge is 0.333 e. The van der Waals surface area contributed by atoms with Gasteiger partial charge in [-0.2, -0.15) is 0 Å². The predicted molar refractivity (Wildman–Crippen MR) is 71.0 cm³/mol. The average Bonchev–Trinajstić information content (AvgIpc) is 3.20. The number of esters is 2. The molecule has 1 unspecified atom stereocenters. The fourth-order valence-corrected chi connectivity index (χ4v) is 1.14. The zero-order valence-electron chi connectivity index (χ0n) is 11.8. The van der Waals surface area contributed by atoms with Gasteiger partial charge in [-0.05, 0) is 13.8 Å². The Morgan fingerprint density at radius 2 is 1.60 bits per heavy atom. The first-order valence-electron chi connectivity index (χ1n) is 6.28. The van der Waals surface area contributed by atoms with Crippen molar-refractivity contribution in [3.05, 3.63) is 24.3 Å². The molecule has 0 radical (unpaired) electrons. The molecule has 1 heterocycles. The SMILES string of the molecule is C=C(C)C(=O)OCC(COC(=O)C(=C)C)OCC1CO1. The van der Waals surface area contributed by atoms with Crippen molar-refractivity contribution in [2.24, 2.45) is 0 Å². The first-order chi connectivity index (χ1) is 9.40. The molecular formula is C14H20O6. The quantitative estimate of drug-likeness (QED) is 0.357. The van der Waals surface area contributed by atoms with Crippen LogP contribution >= 0.6 is 0 Å². The summed E-state index contributed by atoms with van der Waals surface area (Å²) in [6.07, 6.45) is -0.461. The maximum atomic E-state index is 11.3. The molecule has 6 nitrogen and oxygen atoms in total. The Morgan fingerprint density at radius 1 is 1.15 bits per heavy atom. The molecule has 0 aliphatic carbocycles. The number of hydrogen-bond acceptors (Lipinski definition) is 6. The first kappa shape index (κ1) is 16.4. The molecule has 1 aliphatic heterocycles. The maximum absolute atomic E-state index is 11.3. The second-order valence-electron chi connectivity index (χ2n) is 4.67. The molecule has 1 aliphatic rings. The molecule has 20 heavy (non-hydrogen) atoms. The van der Waals surface area contributed by atoms with Crippen molar-refractivity contribution in [3.8, 4) is 0 Å². The van der Waals surface area contributed by atoms with Gasteiger partial charge < -0.3 is 18.9 Å². The number of hydrogen-bond donors (Lipinski definition) is 0. The molecular weight excluding hydrogens is 264 g/mol. The zero-order chi connectivity index (χ0) is 15.1. The fourth-order valence-electron chi connectivity index (χ4n) is 1.14. The van der Waals surface area contributed by atoms with Crippen LogP contribution in [0.1, 0.15) is 13.8 Å². The molecule has 0 N–H and O–H groups in total. The van der Waals surface area contributed by atoms with Gasteiger partial charge in [0.2, 0.25) is 0 Å². The van der Waals surface area contributed by atoms with Crippen molar-refractivity contribution in [2.45, 2.75) is 26.1 Å². The van der Waals surface area contributed by atoms with Gasteiger partial charge in [-0.25, -0.2) is 9.59 Å². The summed E-state index contributed by atoms with van der Waals surface area (Å²) in [5.41, 5.74) is 0.599. The normalized spacial score (nSPS) is 16.6. The molecule has 1 rings (SSSR count). The molecule has 0 amide bonds. The van der Waals surface area contributed by atoms with Crippen LogP contribution in [0.3, 0.4) is 0 Å². The van der Waals surface area contributed by atoms with Crippen molar-refractivity contribution >= 4 is 11.9 Å². The lowest BCUT2D eigenvalue weighted by molar-refractivity contribution is -0.150. The highest BCUT2D eigenvalue weighted by molar-refractivity contribution is 5.87. The summed E-state index contributed by atoms with van der Waals surface area (Å²) in [5.74, 6) is -1.01. The van der Waals surface area contributed by atoms with Gasteiger partial charge in [0.25, 0.3) is 0 Å².